The molecule has 8 nitrogen and oxygen atoms in total. The molecule has 3 rings (SSSR count). The van der Waals surface area contributed by atoms with E-state index in [0.29, 0.717) is 37.3 Å². The van der Waals surface area contributed by atoms with E-state index in [-0.39, 0.29) is 41.5 Å². The largest absolute Gasteiger partial charge is 0.462 e. The van der Waals surface area contributed by atoms with Crippen molar-refractivity contribution in [3.05, 3.63) is 17.0 Å². The van der Waals surface area contributed by atoms with E-state index in [0.717, 1.165) is 25.7 Å². The molecule has 0 aromatic carbocycles. The highest BCUT2D eigenvalue weighted by Crippen LogP contribution is 2.32. The number of hydrogen-bond donors (Lipinski definition) is 1. The number of rotatable bonds is 7. The van der Waals surface area contributed by atoms with Gasteiger partial charge >= 0.3 is 5.97 Å². The summed E-state index contributed by atoms with van der Waals surface area (Å²) >= 11 is 0. The molecule has 1 amide bonds. The van der Waals surface area contributed by atoms with Crippen LogP contribution in [0.4, 0.5) is 0 Å². The van der Waals surface area contributed by atoms with Crippen molar-refractivity contribution in [3.63, 3.8) is 0 Å². The van der Waals surface area contributed by atoms with Crippen LogP contribution in [0, 0.1) is 19.8 Å². The van der Waals surface area contributed by atoms with Crippen molar-refractivity contribution in [2.75, 3.05) is 19.7 Å². The predicted molar refractivity (Wildman–Crippen MR) is 127 cm³/mol. The highest BCUT2D eigenvalue weighted by molar-refractivity contribution is 7.89. The van der Waals surface area contributed by atoms with Crippen LogP contribution >= 0.6 is 0 Å². The van der Waals surface area contributed by atoms with E-state index in [2.05, 4.69) is 5.32 Å². The first-order valence-electron chi connectivity index (χ1n) is 12.4. The number of piperidine rings is 1. The number of nitrogens with one attached hydrogen (secondary N) is 1. The first-order valence-corrected chi connectivity index (χ1v) is 13.8. The molecule has 1 atom stereocenters. The van der Waals surface area contributed by atoms with E-state index in [9.17, 15) is 18.0 Å². The first-order chi connectivity index (χ1) is 15.7. The molecule has 2 aliphatic rings. The Bertz CT molecular complexity index is 961. The second-order valence-corrected chi connectivity index (χ2v) is 11.1. The van der Waals surface area contributed by atoms with Gasteiger partial charge in [-0.2, -0.15) is 4.31 Å². The van der Waals surface area contributed by atoms with Crippen molar-refractivity contribution in [2.45, 2.75) is 96.5 Å². The van der Waals surface area contributed by atoms with Crippen LogP contribution in [0.2, 0.25) is 0 Å². The summed E-state index contributed by atoms with van der Waals surface area (Å²) in [5.41, 5.74) is 1.23. The van der Waals surface area contributed by atoms with Crippen LogP contribution in [0.15, 0.2) is 4.90 Å². The summed E-state index contributed by atoms with van der Waals surface area (Å²) < 4.78 is 36.0. The molecule has 1 saturated heterocycles. The van der Waals surface area contributed by atoms with E-state index in [1.165, 1.54) is 17.1 Å². The molecule has 2 fully saturated rings. The zero-order valence-corrected chi connectivity index (χ0v) is 21.3. The lowest BCUT2D eigenvalue weighted by Gasteiger charge is -2.32. The first kappa shape index (κ1) is 25.7. The maximum Gasteiger partial charge on any atom is 0.341 e. The van der Waals surface area contributed by atoms with Gasteiger partial charge in [0.05, 0.1) is 12.5 Å². The lowest BCUT2D eigenvalue weighted by molar-refractivity contribution is -0.126. The molecule has 0 spiro atoms. The minimum absolute atomic E-state index is 0.0186. The summed E-state index contributed by atoms with van der Waals surface area (Å²) in [6, 6.07) is 0.186. The Hall–Kier alpha value is -1.87. The van der Waals surface area contributed by atoms with Crippen LogP contribution in [0.1, 0.15) is 87.0 Å². The Labute approximate surface area is 198 Å². The Kier molecular flexibility index (Phi) is 8.61. The van der Waals surface area contributed by atoms with E-state index in [1.807, 2.05) is 11.5 Å². The molecule has 186 valence electrons. The van der Waals surface area contributed by atoms with Crippen molar-refractivity contribution in [1.82, 2.24) is 14.2 Å². The van der Waals surface area contributed by atoms with Crippen LogP contribution in [0.5, 0.6) is 0 Å². The molecule has 1 aliphatic carbocycles. The number of nitrogens with zero attached hydrogens (tertiary/aromatic N) is 2. The van der Waals surface area contributed by atoms with Crippen LogP contribution in [0.25, 0.3) is 0 Å². The fourth-order valence-corrected chi connectivity index (χ4v) is 7.31. The Balaban J connectivity index is 1.85. The Morgan fingerprint density at radius 3 is 2.27 bits per heavy atom. The van der Waals surface area contributed by atoms with Gasteiger partial charge in [-0.3, -0.25) is 4.79 Å². The summed E-state index contributed by atoms with van der Waals surface area (Å²) in [7, 11) is -3.97. The molecule has 0 radical (unpaired) electrons. The van der Waals surface area contributed by atoms with Crippen LogP contribution in [0.3, 0.4) is 0 Å². The van der Waals surface area contributed by atoms with Crippen LogP contribution in [-0.4, -0.2) is 54.9 Å². The van der Waals surface area contributed by atoms with Crippen molar-refractivity contribution < 1.29 is 22.7 Å². The smallest absolute Gasteiger partial charge is 0.341 e. The van der Waals surface area contributed by atoms with Gasteiger partial charge in [0.1, 0.15) is 10.5 Å². The Morgan fingerprint density at radius 1 is 1.00 bits per heavy atom. The van der Waals surface area contributed by atoms with E-state index >= 15 is 0 Å². The molecule has 1 unspecified atom stereocenters. The standard InChI is InChI=1S/C24H39N3O5S/c1-5-27-17(3)21(24(29)32-6-2)22(18(27)4)33(30,31)26-15-11-12-19(16-26)23(28)25-20-13-9-7-8-10-14-20/h19-20H,5-16H2,1-4H3,(H,25,28). The minimum atomic E-state index is -3.97. The zero-order chi connectivity index (χ0) is 24.2. The number of amides is 1. The highest BCUT2D eigenvalue weighted by atomic mass is 32.2. The molecule has 1 saturated carbocycles. The molecule has 1 aromatic rings. The summed E-state index contributed by atoms with van der Waals surface area (Å²) in [6.45, 7) is 8.29. The second kappa shape index (κ2) is 11.0. The lowest BCUT2D eigenvalue weighted by atomic mass is 9.97. The topological polar surface area (TPSA) is 97.7 Å². The van der Waals surface area contributed by atoms with Gasteiger partial charge in [0.2, 0.25) is 15.9 Å². The van der Waals surface area contributed by atoms with Gasteiger partial charge in [-0.15, -0.1) is 0 Å². The van der Waals surface area contributed by atoms with E-state index < -0.39 is 16.0 Å². The van der Waals surface area contributed by atoms with Gasteiger partial charge in [0.25, 0.3) is 0 Å². The Morgan fingerprint density at radius 2 is 1.67 bits per heavy atom. The van der Waals surface area contributed by atoms with Gasteiger partial charge in [0.15, 0.2) is 0 Å². The monoisotopic (exact) mass is 481 g/mol. The SMILES string of the molecule is CCOC(=O)c1c(S(=O)(=O)N2CCCC(C(=O)NC3CCCCCC3)C2)c(C)n(CC)c1C. The van der Waals surface area contributed by atoms with Crippen LogP contribution in [-0.2, 0) is 26.1 Å². The minimum Gasteiger partial charge on any atom is -0.462 e. The van der Waals surface area contributed by atoms with Gasteiger partial charge in [0, 0.05) is 37.1 Å². The number of sulfonamides is 1. The third-order valence-corrected chi connectivity index (χ3v) is 9.10. The maximum absolute atomic E-state index is 13.8. The van der Waals surface area contributed by atoms with Crippen molar-refractivity contribution in [3.8, 4) is 0 Å². The highest BCUT2D eigenvalue weighted by Gasteiger charge is 2.39. The van der Waals surface area contributed by atoms with Crippen molar-refractivity contribution in [2.24, 2.45) is 5.92 Å². The predicted octanol–water partition coefficient (Wildman–Crippen LogP) is 3.54. The summed E-state index contributed by atoms with van der Waals surface area (Å²) in [5, 5.41) is 3.18. The van der Waals surface area contributed by atoms with Gasteiger partial charge < -0.3 is 14.6 Å². The quantitative estimate of drug-likeness (QED) is 0.475. The normalized spacial score (nSPS) is 20.9. The molecule has 33 heavy (non-hydrogen) atoms. The zero-order valence-electron chi connectivity index (χ0n) is 20.5. The molecule has 1 N–H and O–H groups in total. The number of esters is 1. The maximum atomic E-state index is 13.8. The average Bonchev–Trinajstić information content (AvgIpc) is 2.92. The summed E-state index contributed by atoms with van der Waals surface area (Å²) in [4.78, 5) is 25.8. The van der Waals surface area contributed by atoms with Crippen molar-refractivity contribution >= 4 is 21.9 Å². The fourth-order valence-electron chi connectivity index (χ4n) is 5.33. The third kappa shape index (κ3) is 5.45. The summed E-state index contributed by atoms with van der Waals surface area (Å²) in [5.74, 6) is -1.05. The summed E-state index contributed by atoms with van der Waals surface area (Å²) in [6.07, 6.45) is 7.94. The van der Waals surface area contributed by atoms with Gasteiger partial charge in [-0.25, -0.2) is 13.2 Å². The second-order valence-electron chi connectivity index (χ2n) is 9.24. The van der Waals surface area contributed by atoms with Crippen molar-refractivity contribution in [1.29, 1.82) is 0 Å². The number of ether oxygens (including phenoxy) is 1. The number of aromatic nitrogens is 1. The fraction of sp³-hybridized carbons (Fsp3) is 0.750. The number of carbonyl (C=O) groups excluding carboxylic acids is 2. The molecule has 2 heterocycles. The lowest BCUT2D eigenvalue weighted by Crippen LogP contribution is -2.47. The van der Waals surface area contributed by atoms with Crippen LogP contribution < -0.4 is 5.32 Å². The molecule has 1 aliphatic heterocycles. The van der Waals surface area contributed by atoms with E-state index in [1.54, 1.807) is 20.8 Å². The average molecular weight is 482 g/mol. The molecule has 0 bridgehead atoms. The number of carbonyl (C=O) groups is 2. The number of hydrogen-bond acceptors (Lipinski definition) is 5. The molecular formula is C24H39N3O5S. The van der Waals surface area contributed by atoms with Gasteiger partial charge in [-0.1, -0.05) is 25.7 Å². The molecule has 9 heteroatoms. The van der Waals surface area contributed by atoms with E-state index in [4.69, 9.17) is 4.74 Å². The van der Waals surface area contributed by atoms with Gasteiger partial charge in [-0.05, 0) is 53.4 Å². The molecular weight excluding hydrogens is 442 g/mol. The molecule has 1 aromatic heterocycles. The third-order valence-electron chi connectivity index (χ3n) is 7.08.